The number of nitrogens with zero attached hydrogens (tertiary/aromatic N) is 5. The van der Waals surface area contributed by atoms with Crippen LogP contribution in [0.2, 0.25) is 0 Å². The number of aromatic nitrogens is 1. The molecule has 0 spiro atoms. The highest BCUT2D eigenvalue weighted by Gasteiger charge is 2.45. The monoisotopic (exact) mass is 438 g/mol. The third-order valence-electron chi connectivity index (χ3n) is 7.03. The second-order valence-corrected chi connectivity index (χ2v) is 9.35. The molecule has 1 unspecified atom stereocenters. The summed E-state index contributed by atoms with van der Waals surface area (Å²) in [6, 6.07) is 4.53. The number of carbonyl (C=O) groups is 1. The summed E-state index contributed by atoms with van der Waals surface area (Å²) in [4.78, 5) is 24.2. The van der Waals surface area contributed by atoms with Crippen molar-refractivity contribution in [3.05, 3.63) is 29.7 Å². The first-order valence-electron chi connectivity index (χ1n) is 11.6. The van der Waals surface area contributed by atoms with Gasteiger partial charge < -0.3 is 19.9 Å². The molecular formula is C24H34N6O2. The van der Waals surface area contributed by atoms with Gasteiger partial charge in [-0.2, -0.15) is 5.26 Å². The van der Waals surface area contributed by atoms with Gasteiger partial charge in [0.1, 0.15) is 11.6 Å². The van der Waals surface area contributed by atoms with Crippen molar-refractivity contribution in [3.8, 4) is 6.07 Å². The number of anilines is 2. The predicted molar refractivity (Wildman–Crippen MR) is 124 cm³/mol. The highest BCUT2D eigenvalue weighted by molar-refractivity contribution is 5.99. The fourth-order valence-corrected chi connectivity index (χ4v) is 5.51. The summed E-state index contributed by atoms with van der Waals surface area (Å²) in [7, 11) is 1.73. The van der Waals surface area contributed by atoms with Crippen LogP contribution in [-0.2, 0) is 9.53 Å². The minimum atomic E-state index is -0.539. The van der Waals surface area contributed by atoms with E-state index in [1.807, 2.05) is 11.0 Å². The molecule has 1 amide bonds. The largest absolute Gasteiger partial charge is 0.383 e. The number of piperidine rings is 1. The number of pyridine rings is 1. The van der Waals surface area contributed by atoms with Crippen LogP contribution in [0.1, 0.15) is 46.0 Å². The Kier molecular flexibility index (Phi) is 6.68. The SMILES string of the molecule is COCC1CCCN1C(C)(C)C(=C(C#N)C(=O)N1CCCCC1)N1CNc2cnccc21. The first-order valence-corrected chi connectivity index (χ1v) is 11.6. The van der Waals surface area contributed by atoms with Gasteiger partial charge in [0, 0.05) is 32.4 Å². The quantitative estimate of drug-likeness (QED) is 0.540. The third-order valence-corrected chi connectivity index (χ3v) is 7.03. The van der Waals surface area contributed by atoms with E-state index in [1.54, 1.807) is 19.5 Å². The number of fused-ring (bicyclic) bond motifs is 1. The summed E-state index contributed by atoms with van der Waals surface area (Å²) in [5, 5.41) is 13.7. The van der Waals surface area contributed by atoms with E-state index in [1.165, 1.54) is 0 Å². The average Bonchev–Trinajstić information content (AvgIpc) is 3.45. The maximum Gasteiger partial charge on any atom is 0.266 e. The predicted octanol–water partition coefficient (Wildman–Crippen LogP) is 2.95. The Morgan fingerprint density at radius 2 is 2.06 bits per heavy atom. The van der Waals surface area contributed by atoms with Crippen LogP contribution in [0.4, 0.5) is 11.4 Å². The Balaban J connectivity index is 1.82. The number of likely N-dealkylation sites (tertiary alicyclic amines) is 2. The van der Waals surface area contributed by atoms with Crippen LogP contribution in [0.25, 0.3) is 0 Å². The molecule has 1 N–H and O–H groups in total. The summed E-state index contributed by atoms with van der Waals surface area (Å²) in [5.41, 5.74) is 2.33. The molecule has 0 aromatic carbocycles. The maximum atomic E-state index is 13.7. The lowest BCUT2D eigenvalue weighted by Gasteiger charge is -2.45. The summed E-state index contributed by atoms with van der Waals surface area (Å²) in [6.45, 7) is 7.75. The molecule has 3 aliphatic rings. The number of amides is 1. The van der Waals surface area contributed by atoms with Gasteiger partial charge in [0.2, 0.25) is 0 Å². The molecule has 2 saturated heterocycles. The zero-order valence-corrected chi connectivity index (χ0v) is 19.4. The lowest BCUT2D eigenvalue weighted by atomic mass is 9.90. The minimum absolute atomic E-state index is 0.153. The molecule has 8 heteroatoms. The van der Waals surface area contributed by atoms with Gasteiger partial charge in [-0.1, -0.05) is 0 Å². The third kappa shape index (κ3) is 4.07. The number of ether oxygens (including phenoxy) is 1. The van der Waals surface area contributed by atoms with Crippen LogP contribution < -0.4 is 10.2 Å². The van der Waals surface area contributed by atoms with Crippen LogP contribution in [0.3, 0.4) is 0 Å². The molecule has 4 heterocycles. The molecule has 8 nitrogen and oxygen atoms in total. The molecule has 1 aromatic rings. The molecule has 4 rings (SSSR count). The summed E-state index contributed by atoms with van der Waals surface area (Å²) >= 11 is 0. The zero-order valence-electron chi connectivity index (χ0n) is 19.4. The molecule has 0 saturated carbocycles. The fraction of sp³-hybridized carbons (Fsp3) is 0.625. The summed E-state index contributed by atoms with van der Waals surface area (Å²) in [6.07, 6.45) is 8.79. The molecule has 0 aliphatic carbocycles. The molecule has 2 fully saturated rings. The Bertz CT molecular complexity index is 915. The maximum absolute atomic E-state index is 13.7. The minimum Gasteiger partial charge on any atom is -0.383 e. The number of nitrogens with one attached hydrogen (secondary N) is 1. The lowest BCUT2D eigenvalue weighted by Crippen LogP contribution is -2.54. The van der Waals surface area contributed by atoms with Gasteiger partial charge in [-0.15, -0.1) is 0 Å². The van der Waals surface area contributed by atoms with E-state index in [0.717, 1.165) is 55.7 Å². The van der Waals surface area contributed by atoms with Gasteiger partial charge in [0.05, 0.1) is 42.1 Å². The molecular weight excluding hydrogens is 404 g/mol. The summed E-state index contributed by atoms with van der Waals surface area (Å²) in [5.74, 6) is -0.153. The van der Waals surface area contributed by atoms with Gasteiger partial charge >= 0.3 is 0 Å². The molecule has 0 radical (unpaired) electrons. The van der Waals surface area contributed by atoms with Crippen molar-refractivity contribution in [1.29, 1.82) is 5.26 Å². The van der Waals surface area contributed by atoms with Crippen molar-refractivity contribution in [2.45, 2.75) is 57.5 Å². The number of nitriles is 1. The van der Waals surface area contributed by atoms with Crippen LogP contribution in [0.5, 0.6) is 0 Å². The molecule has 172 valence electrons. The van der Waals surface area contributed by atoms with E-state index < -0.39 is 5.54 Å². The zero-order chi connectivity index (χ0) is 22.7. The molecule has 32 heavy (non-hydrogen) atoms. The van der Waals surface area contributed by atoms with Gasteiger partial charge in [-0.25, -0.2) is 0 Å². The summed E-state index contributed by atoms with van der Waals surface area (Å²) < 4.78 is 5.51. The normalized spacial score (nSPS) is 22.2. The van der Waals surface area contributed by atoms with Gasteiger partial charge in [-0.05, 0) is 58.6 Å². The number of methoxy groups -OCH3 is 1. The molecule has 3 aliphatic heterocycles. The first kappa shape index (κ1) is 22.6. The van der Waals surface area contributed by atoms with Crippen molar-refractivity contribution < 1.29 is 9.53 Å². The van der Waals surface area contributed by atoms with Crippen molar-refractivity contribution in [1.82, 2.24) is 14.8 Å². The number of hydrogen-bond acceptors (Lipinski definition) is 7. The van der Waals surface area contributed by atoms with Crippen molar-refractivity contribution in [3.63, 3.8) is 0 Å². The van der Waals surface area contributed by atoms with E-state index in [4.69, 9.17) is 4.74 Å². The Hall–Kier alpha value is -2.63. The smallest absolute Gasteiger partial charge is 0.266 e. The highest BCUT2D eigenvalue weighted by Crippen LogP contribution is 2.41. The number of hydrogen-bond donors (Lipinski definition) is 1. The van der Waals surface area contributed by atoms with Crippen LogP contribution in [-0.4, -0.2) is 72.3 Å². The lowest BCUT2D eigenvalue weighted by molar-refractivity contribution is -0.127. The molecule has 0 bridgehead atoms. The fourth-order valence-electron chi connectivity index (χ4n) is 5.51. The average molecular weight is 439 g/mol. The van der Waals surface area contributed by atoms with E-state index in [0.29, 0.717) is 26.4 Å². The van der Waals surface area contributed by atoms with E-state index >= 15 is 0 Å². The van der Waals surface area contributed by atoms with Crippen molar-refractivity contribution in [2.75, 3.05) is 50.2 Å². The second kappa shape index (κ2) is 9.47. The van der Waals surface area contributed by atoms with Gasteiger partial charge in [-0.3, -0.25) is 14.7 Å². The van der Waals surface area contributed by atoms with Gasteiger partial charge in [0.25, 0.3) is 5.91 Å². The van der Waals surface area contributed by atoms with Crippen molar-refractivity contribution >= 4 is 17.3 Å². The van der Waals surface area contributed by atoms with Gasteiger partial charge in [0.15, 0.2) is 0 Å². The van der Waals surface area contributed by atoms with E-state index in [9.17, 15) is 10.1 Å². The number of carbonyl (C=O) groups excluding carboxylic acids is 1. The van der Waals surface area contributed by atoms with E-state index in [-0.39, 0.29) is 17.5 Å². The Morgan fingerprint density at radius 1 is 1.28 bits per heavy atom. The standard InChI is InChI=1S/C24H34N6O2/c1-24(2,30-13-7-8-18(30)16-32-3)22(29-17-27-20-15-26-10-9-21(20)29)19(14-25)23(31)28-11-5-4-6-12-28/h9-10,15,18,27H,4-8,11-13,16-17H2,1-3H3. The Morgan fingerprint density at radius 3 is 2.78 bits per heavy atom. The van der Waals surface area contributed by atoms with E-state index in [2.05, 4.69) is 40.0 Å². The van der Waals surface area contributed by atoms with Crippen molar-refractivity contribution in [2.24, 2.45) is 0 Å². The second-order valence-electron chi connectivity index (χ2n) is 9.35. The molecule has 1 atom stereocenters. The van der Waals surface area contributed by atoms with Crippen LogP contribution >= 0.6 is 0 Å². The topological polar surface area (TPSA) is 84.7 Å². The number of rotatable bonds is 6. The molecule has 1 aromatic heterocycles. The van der Waals surface area contributed by atoms with Crippen LogP contribution in [0, 0.1) is 11.3 Å². The highest BCUT2D eigenvalue weighted by atomic mass is 16.5. The Labute approximate surface area is 190 Å². The van der Waals surface area contributed by atoms with Crippen LogP contribution in [0.15, 0.2) is 29.7 Å². The first-order chi connectivity index (χ1) is 15.5.